The fourth-order valence-corrected chi connectivity index (χ4v) is 8.40. The molecule has 460 valence electrons. The van der Waals surface area contributed by atoms with Crippen LogP contribution in [0.2, 0.25) is 0 Å². The Labute approximate surface area is 501 Å². The van der Waals surface area contributed by atoms with Crippen LogP contribution in [0, 0.1) is 0 Å². The summed E-state index contributed by atoms with van der Waals surface area (Å²) >= 11 is 0. The molecule has 9 nitrogen and oxygen atoms in total. The molecule has 0 rings (SSSR count). The molecule has 0 aliphatic carbocycles. The second-order valence-corrected chi connectivity index (χ2v) is 22.8. The van der Waals surface area contributed by atoms with Gasteiger partial charge in [-0.05, 0) is 135 Å². The topological polar surface area (TPSA) is 108 Å². The fourth-order valence-electron chi connectivity index (χ4n) is 7.66. The number of unbranched alkanes of at least 4 members (excludes halogenated alkanes) is 11. The van der Waals surface area contributed by atoms with Crippen molar-refractivity contribution in [3.8, 4) is 0 Å². The van der Waals surface area contributed by atoms with Crippen molar-refractivity contribution in [2.45, 2.75) is 213 Å². The molecule has 0 saturated carbocycles. The number of quaternary nitrogens is 1. The molecule has 0 amide bonds. The zero-order valence-corrected chi connectivity index (χ0v) is 53.0. The van der Waals surface area contributed by atoms with Crippen molar-refractivity contribution in [1.29, 1.82) is 0 Å². The Hall–Kier alpha value is -4.89. The summed E-state index contributed by atoms with van der Waals surface area (Å²) in [6.45, 7) is 4.12. The molecule has 0 saturated heterocycles. The van der Waals surface area contributed by atoms with Gasteiger partial charge in [-0.15, -0.1) is 0 Å². The first-order chi connectivity index (χ1) is 40.0. The molecule has 0 aliphatic rings. The highest BCUT2D eigenvalue weighted by Gasteiger charge is 2.27. The Balaban J connectivity index is 4.29. The van der Waals surface area contributed by atoms with Gasteiger partial charge < -0.3 is 18.9 Å². The van der Waals surface area contributed by atoms with Crippen LogP contribution in [0.1, 0.15) is 206 Å². The summed E-state index contributed by atoms with van der Waals surface area (Å²) in [5.41, 5.74) is 0. The molecule has 2 unspecified atom stereocenters. The van der Waals surface area contributed by atoms with Crippen LogP contribution in [0.15, 0.2) is 182 Å². The largest absolute Gasteiger partial charge is 0.472 e. The van der Waals surface area contributed by atoms with Gasteiger partial charge in [0.1, 0.15) is 19.8 Å². The standard InChI is InChI=1S/C72H114NO8P/c1-6-8-10-12-14-16-18-20-22-24-26-28-30-32-34-35-36-37-39-41-43-45-47-49-51-53-55-57-59-61-63-65-72(75)81-70(69-80-82(76,77)79-67-66-73(3,4)5)68-78-71(74)64-62-60-58-56-54-52-50-48-46-44-42-40-38-33-31-29-27-25-23-21-19-17-15-13-11-9-7-2/h8-11,14-17,20-23,26-29,32-34,36-38,41-44,47,49,53,55,70H,6-7,12-13,18-19,24-25,30-31,35,39-40,45-46,48,50-52,54,56-69H2,1-5H3/p+1/b10-8-,11-9-,16-14-,17-15-,22-20-,23-21-,28-26-,29-27-,34-32-,37-36-,38-33-,43-41-,44-42-,49-47-,55-53-. The molecule has 10 heteroatoms. The number of phosphoric acid groups is 1. The van der Waals surface area contributed by atoms with Crippen molar-refractivity contribution in [2.75, 3.05) is 47.5 Å². The third-order valence-electron chi connectivity index (χ3n) is 12.4. The number of hydrogen-bond donors (Lipinski definition) is 1. The summed E-state index contributed by atoms with van der Waals surface area (Å²) < 4.78 is 34.6. The molecule has 0 spiro atoms. The van der Waals surface area contributed by atoms with Crippen molar-refractivity contribution in [3.63, 3.8) is 0 Å². The van der Waals surface area contributed by atoms with E-state index in [1.165, 1.54) is 25.7 Å². The SMILES string of the molecule is CC/C=C\C/C=C\C/C=C\C/C=C\C/C=C\C/C=C\C/C=C\C/C=C\C/C=C\CCCCCC(=O)OC(COC(=O)CCCCCCCCCC/C=C\C/C=C\C/C=C\C/C=C\C/C=C\C/C=C\CC)COP(=O)(O)OCC[N+](C)(C)C. The van der Waals surface area contributed by atoms with E-state index in [1.54, 1.807) is 0 Å². The fraction of sp³-hybridized carbons (Fsp3) is 0.556. The van der Waals surface area contributed by atoms with Crippen LogP contribution in [0.5, 0.6) is 0 Å². The Morgan fingerprint density at radius 2 is 0.659 bits per heavy atom. The van der Waals surface area contributed by atoms with Gasteiger partial charge in [0.25, 0.3) is 0 Å². The van der Waals surface area contributed by atoms with Gasteiger partial charge in [-0.1, -0.05) is 241 Å². The normalized spacial score (nSPS) is 14.5. The minimum Gasteiger partial charge on any atom is -0.462 e. The van der Waals surface area contributed by atoms with Crippen LogP contribution in [-0.2, 0) is 32.7 Å². The lowest BCUT2D eigenvalue weighted by Crippen LogP contribution is -2.37. The van der Waals surface area contributed by atoms with Crippen molar-refractivity contribution in [3.05, 3.63) is 182 Å². The maximum absolute atomic E-state index is 12.8. The maximum Gasteiger partial charge on any atom is 0.472 e. The summed E-state index contributed by atoms with van der Waals surface area (Å²) in [5.74, 6) is -0.862. The zero-order chi connectivity index (χ0) is 59.8. The Bertz CT molecular complexity index is 2030. The quantitative estimate of drug-likeness (QED) is 0.0211. The third kappa shape index (κ3) is 64.3. The molecule has 0 heterocycles. The van der Waals surface area contributed by atoms with Gasteiger partial charge in [-0.2, -0.15) is 0 Å². The van der Waals surface area contributed by atoms with Crippen molar-refractivity contribution in [2.24, 2.45) is 0 Å². The maximum atomic E-state index is 12.8. The average Bonchev–Trinajstić information content (AvgIpc) is 3.46. The number of rotatable bonds is 55. The Morgan fingerprint density at radius 3 is 0.988 bits per heavy atom. The van der Waals surface area contributed by atoms with E-state index in [4.69, 9.17) is 18.5 Å². The second kappa shape index (κ2) is 60.7. The summed E-state index contributed by atoms with van der Waals surface area (Å²) in [5, 5.41) is 0. The monoisotopic (exact) mass is 1150 g/mol. The van der Waals surface area contributed by atoms with Gasteiger partial charge in [0.05, 0.1) is 27.7 Å². The summed E-state index contributed by atoms with van der Waals surface area (Å²) in [4.78, 5) is 35.8. The van der Waals surface area contributed by atoms with Gasteiger partial charge in [0.2, 0.25) is 0 Å². The molecule has 0 fully saturated rings. The number of carbonyl (C=O) groups excluding carboxylic acids is 2. The third-order valence-corrected chi connectivity index (χ3v) is 13.4. The second-order valence-electron chi connectivity index (χ2n) is 21.3. The molecule has 0 aromatic rings. The van der Waals surface area contributed by atoms with E-state index < -0.39 is 32.5 Å². The minimum absolute atomic E-state index is 0.0120. The van der Waals surface area contributed by atoms with Crippen LogP contribution in [0.3, 0.4) is 0 Å². The van der Waals surface area contributed by atoms with E-state index in [0.717, 1.165) is 141 Å². The number of hydrogen-bond acceptors (Lipinski definition) is 7. The van der Waals surface area contributed by atoms with E-state index in [1.807, 2.05) is 21.1 Å². The van der Waals surface area contributed by atoms with Crippen LogP contribution in [0.4, 0.5) is 0 Å². The molecule has 0 radical (unpaired) electrons. The lowest BCUT2D eigenvalue weighted by Gasteiger charge is -2.24. The van der Waals surface area contributed by atoms with Crippen LogP contribution in [0.25, 0.3) is 0 Å². The number of esters is 2. The first-order valence-electron chi connectivity index (χ1n) is 31.5. The molecule has 0 aliphatic heterocycles. The van der Waals surface area contributed by atoms with E-state index in [2.05, 4.69) is 196 Å². The molecule has 2 atom stereocenters. The molecule has 0 bridgehead atoms. The molecular weight excluding hydrogens is 1040 g/mol. The van der Waals surface area contributed by atoms with Crippen molar-refractivity contribution >= 4 is 19.8 Å². The summed E-state index contributed by atoms with van der Waals surface area (Å²) in [6.07, 6.45) is 93.9. The van der Waals surface area contributed by atoms with E-state index in [0.29, 0.717) is 23.9 Å². The zero-order valence-electron chi connectivity index (χ0n) is 52.1. The smallest absolute Gasteiger partial charge is 0.462 e. The van der Waals surface area contributed by atoms with E-state index >= 15 is 0 Å². The van der Waals surface area contributed by atoms with Crippen molar-refractivity contribution in [1.82, 2.24) is 0 Å². The first kappa shape index (κ1) is 77.1. The molecule has 82 heavy (non-hydrogen) atoms. The predicted molar refractivity (Wildman–Crippen MR) is 352 cm³/mol. The Kier molecular flexibility index (Phi) is 57.1. The first-order valence-corrected chi connectivity index (χ1v) is 33.0. The highest BCUT2D eigenvalue weighted by molar-refractivity contribution is 7.47. The summed E-state index contributed by atoms with van der Waals surface area (Å²) in [6, 6.07) is 0. The van der Waals surface area contributed by atoms with Crippen LogP contribution < -0.4 is 0 Å². The van der Waals surface area contributed by atoms with E-state index in [-0.39, 0.29) is 26.1 Å². The molecule has 0 aromatic heterocycles. The van der Waals surface area contributed by atoms with Crippen LogP contribution in [-0.4, -0.2) is 74.9 Å². The van der Waals surface area contributed by atoms with Gasteiger partial charge in [0.15, 0.2) is 6.10 Å². The number of allylic oxidation sites excluding steroid dienone is 30. The molecular formula is C72H115NO8P+. The van der Waals surface area contributed by atoms with Gasteiger partial charge in [-0.3, -0.25) is 18.6 Å². The lowest BCUT2D eigenvalue weighted by atomic mass is 10.1. The highest BCUT2D eigenvalue weighted by atomic mass is 31.2. The number of ether oxygens (including phenoxy) is 2. The molecule has 1 N–H and O–H groups in total. The number of carbonyl (C=O) groups is 2. The number of phosphoric ester groups is 1. The average molecular weight is 1150 g/mol. The van der Waals surface area contributed by atoms with Crippen LogP contribution >= 0.6 is 7.82 Å². The van der Waals surface area contributed by atoms with Gasteiger partial charge in [-0.25, -0.2) is 4.57 Å². The van der Waals surface area contributed by atoms with Gasteiger partial charge >= 0.3 is 19.8 Å². The summed E-state index contributed by atoms with van der Waals surface area (Å²) in [7, 11) is 1.42. The van der Waals surface area contributed by atoms with E-state index in [9.17, 15) is 19.0 Å². The Morgan fingerprint density at radius 1 is 0.378 bits per heavy atom. The highest BCUT2D eigenvalue weighted by Crippen LogP contribution is 2.43. The minimum atomic E-state index is -4.42. The predicted octanol–water partition coefficient (Wildman–Crippen LogP) is 20.4. The number of likely N-dealkylation sites (N-methyl/N-ethyl adjacent to an activating group) is 1. The van der Waals surface area contributed by atoms with Crippen molar-refractivity contribution < 1.29 is 42.1 Å². The lowest BCUT2D eigenvalue weighted by molar-refractivity contribution is -0.870. The van der Waals surface area contributed by atoms with Gasteiger partial charge in [0, 0.05) is 12.8 Å². The number of nitrogens with zero attached hydrogens (tertiary/aromatic N) is 1. The molecule has 0 aromatic carbocycles.